The van der Waals surface area contributed by atoms with Crippen LogP contribution in [-0.2, 0) is 4.79 Å². The number of rotatable bonds is 4. The molecule has 1 aliphatic heterocycles. The van der Waals surface area contributed by atoms with E-state index in [2.05, 4.69) is 25.5 Å². The van der Waals surface area contributed by atoms with Crippen molar-refractivity contribution in [3.05, 3.63) is 12.3 Å². The molecule has 126 valence electrons. The third kappa shape index (κ3) is 3.55. The zero-order valence-corrected chi connectivity index (χ0v) is 13.7. The van der Waals surface area contributed by atoms with Crippen molar-refractivity contribution in [3.8, 4) is 0 Å². The first-order valence-electron chi connectivity index (χ1n) is 8.33. The Morgan fingerprint density at radius 2 is 2.13 bits per heavy atom. The molecule has 7 nitrogen and oxygen atoms in total. The van der Waals surface area contributed by atoms with Gasteiger partial charge in [-0.25, -0.2) is 4.98 Å². The lowest BCUT2D eigenvalue weighted by atomic mass is 9.77. The predicted molar refractivity (Wildman–Crippen MR) is 88.2 cm³/mol. The minimum Gasteiger partial charge on any atom is -0.391 e. The molecule has 2 fully saturated rings. The van der Waals surface area contributed by atoms with Crippen LogP contribution in [0.15, 0.2) is 12.3 Å². The van der Waals surface area contributed by atoms with Crippen LogP contribution in [0.3, 0.4) is 0 Å². The summed E-state index contributed by atoms with van der Waals surface area (Å²) in [4.78, 5) is 22.4. The van der Waals surface area contributed by atoms with Crippen molar-refractivity contribution in [2.75, 3.05) is 29.9 Å². The molecule has 0 unspecified atom stereocenters. The second-order valence-electron chi connectivity index (χ2n) is 6.54. The number of fused-ring (bicyclic) bond motifs is 1. The number of nitrogens with zero attached hydrogens (tertiary/aromatic N) is 3. The lowest BCUT2D eigenvalue weighted by Crippen LogP contribution is -2.48. The van der Waals surface area contributed by atoms with Crippen molar-refractivity contribution in [1.82, 2.24) is 15.3 Å². The molecule has 1 amide bonds. The molecule has 1 aromatic rings. The Hall–Kier alpha value is -1.89. The SMILES string of the molecule is CCNc1ccnc(N2C[C@H]3C[C@@H](NC(C)=O)[C@H](O)C[C@H]3C2)n1. The minimum atomic E-state index is -0.464. The smallest absolute Gasteiger partial charge is 0.227 e. The maximum absolute atomic E-state index is 11.3. The zero-order valence-electron chi connectivity index (χ0n) is 13.7. The molecule has 0 spiro atoms. The van der Waals surface area contributed by atoms with Crippen molar-refractivity contribution >= 4 is 17.7 Å². The summed E-state index contributed by atoms with van der Waals surface area (Å²) in [7, 11) is 0. The molecule has 1 aliphatic carbocycles. The van der Waals surface area contributed by atoms with Gasteiger partial charge < -0.3 is 20.6 Å². The molecule has 3 rings (SSSR count). The van der Waals surface area contributed by atoms with Gasteiger partial charge in [0.2, 0.25) is 11.9 Å². The van der Waals surface area contributed by atoms with E-state index in [1.807, 2.05) is 13.0 Å². The summed E-state index contributed by atoms with van der Waals surface area (Å²) in [6.07, 6.45) is 2.85. The van der Waals surface area contributed by atoms with Gasteiger partial charge in [-0.1, -0.05) is 0 Å². The molecule has 1 aromatic heterocycles. The maximum atomic E-state index is 11.3. The average Bonchev–Trinajstić information content (AvgIpc) is 2.90. The van der Waals surface area contributed by atoms with E-state index in [0.29, 0.717) is 11.8 Å². The summed E-state index contributed by atoms with van der Waals surface area (Å²) in [5.41, 5.74) is 0. The van der Waals surface area contributed by atoms with Crippen molar-refractivity contribution in [2.45, 2.75) is 38.8 Å². The first-order valence-corrected chi connectivity index (χ1v) is 8.33. The molecule has 2 heterocycles. The number of aliphatic hydroxyl groups excluding tert-OH is 1. The fraction of sp³-hybridized carbons (Fsp3) is 0.688. The molecular weight excluding hydrogens is 294 g/mol. The Kier molecular flexibility index (Phi) is 4.66. The van der Waals surface area contributed by atoms with Crippen LogP contribution in [0.2, 0.25) is 0 Å². The normalized spacial score (nSPS) is 30.0. The number of aliphatic hydroxyl groups is 1. The largest absolute Gasteiger partial charge is 0.391 e. The summed E-state index contributed by atoms with van der Waals surface area (Å²) < 4.78 is 0. The van der Waals surface area contributed by atoms with Gasteiger partial charge >= 0.3 is 0 Å². The molecule has 0 aromatic carbocycles. The monoisotopic (exact) mass is 319 g/mol. The van der Waals surface area contributed by atoms with E-state index >= 15 is 0 Å². The van der Waals surface area contributed by atoms with Crippen molar-refractivity contribution < 1.29 is 9.90 Å². The van der Waals surface area contributed by atoms with Crippen LogP contribution in [0, 0.1) is 11.8 Å². The molecule has 1 saturated carbocycles. The summed E-state index contributed by atoms with van der Waals surface area (Å²) in [5.74, 6) is 2.39. The number of carbonyl (C=O) groups is 1. The second-order valence-corrected chi connectivity index (χ2v) is 6.54. The molecule has 23 heavy (non-hydrogen) atoms. The van der Waals surface area contributed by atoms with Crippen molar-refractivity contribution in [1.29, 1.82) is 0 Å². The molecule has 3 N–H and O–H groups in total. The van der Waals surface area contributed by atoms with E-state index in [4.69, 9.17) is 0 Å². The van der Waals surface area contributed by atoms with Gasteiger partial charge in [0.25, 0.3) is 0 Å². The highest BCUT2D eigenvalue weighted by atomic mass is 16.3. The lowest BCUT2D eigenvalue weighted by Gasteiger charge is -2.35. The third-order valence-corrected chi connectivity index (χ3v) is 4.81. The van der Waals surface area contributed by atoms with Gasteiger partial charge in [-0.2, -0.15) is 4.98 Å². The summed E-state index contributed by atoms with van der Waals surface area (Å²) in [5, 5.41) is 16.3. The highest BCUT2D eigenvalue weighted by molar-refractivity contribution is 5.73. The minimum absolute atomic E-state index is 0.0796. The molecule has 0 radical (unpaired) electrons. The molecule has 1 saturated heterocycles. The van der Waals surface area contributed by atoms with E-state index in [9.17, 15) is 9.90 Å². The quantitative estimate of drug-likeness (QED) is 0.754. The number of aromatic nitrogens is 2. The molecule has 0 bridgehead atoms. The van der Waals surface area contributed by atoms with Gasteiger partial charge in [0.1, 0.15) is 5.82 Å². The third-order valence-electron chi connectivity index (χ3n) is 4.81. The van der Waals surface area contributed by atoms with Crippen LogP contribution in [0.25, 0.3) is 0 Å². The van der Waals surface area contributed by atoms with E-state index in [-0.39, 0.29) is 11.9 Å². The van der Waals surface area contributed by atoms with E-state index < -0.39 is 6.10 Å². The van der Waals surface area contributed by atoms with Gasteiger partial charge in [0.05, 0.1) is 12.1 Å². The van der Waals surface area contributed by atoms with E-state index in [1.54, 1.807) is 6.20 Å². The molecular formula is C16H25N5O2. The average molecular weight is 319 g/mol. The van der Waals surface area contributed by atoms with E-state index in [0.717, 1.165) is 44.2 Å². The fourth-order valence-electron chi connectivity index (χ4n) is 3.79. The number of anilines is 2. The fourth-order valence-corrected chi connectivity index (χ4v) is 3.79. The van der Waals surface area contributed by atoms with Crippen molar-refractivity contribution in [3.63, 3.8) is 0 Å². The van der Waals surface area contributed by atoms with Crippen LogP contribution in [0.1, 0.15) is 26.7 Å². The van der Waals surface area contributed by atoms with Crippen LogP contribution < -0.4 is 15.5 Å². The highest BCUT2D eigenvalue weighted by Crippen LogP contribution is 2.37. The first kappa shape index (κ1) is 16.0. The maximum Gasteiger partial charge on any atom is 0.227 e. The molecule has 4 atom stereocenters. The Morgan fingerprint density at radius 1 is 1.39 bits per heavy atom. The second kappa shape index (κ2) is 6.70. The molecule has 7 heteroatoms. The Morgan fingerprint density at radius 3 is 2.83 bits per heavy atom. The Balaban J connectivity index is 1.68. The molecule has 2 aliphatic rings. The number of amides is 1. The Labute approximate surface area is 136 Å². The standard InChI is InChI=1S/C16H25N5O2/c1-3-17-15-4-5-18-16(20-15)21-8-11-6-13(19-10(2)22)14(23)7-12(11)9-21/h4-5,11-14,23H,3,6-9H2,1-2H3,(H,19,22)(H,17,18,20)/t11-,12+,13-,14-/m1/s1. The lowest BCUT2D eigenvalue weighted by molar-refractivity contribution is -0.121. The first-order chi connectivity index (χ1) is 11.1. The van der Waals surface area contributed by atoms with Gasteiger partial charge in [0, 0.05) is 32.8 Å². The van der Waals surface area contributed by atoms with Gasteiger partial charge in [0.15, 0.2) is 0 Å². The summed E-state index contributed by atoms with van der Waals surface area (Å²) >= 11 is 0. The zero-order chi connectivity index (χ0) is 16.4. The number of nitrogens with one attached hydrogen (secondary N) is 2. The number of hydrogen-bond donors (Lipinski definition) is 3. The van der Waals surface area contributed by atoms with Crippen LogP contribution >= 0.6 is 0 Å². The predicted octanol–water partition coefficient (Wildman–Crippen LogP) is 0.620. The van der Waals surface area contributed by atoms with Crippen LogP contribution in [0.4, 0.5) is 11.8 Å². The number of hydrogen-bond acceptors (Lipinski definition) is 6. The highest BCUT2D eigenvalue weighted by Gasteiger charge is 2.42. The summed E-state index contributed by atoms with van der Waals surface area (Å²) in [6, 6.07) is 1.73. The van der Waals surface area contributed by atoms with E-state index in [1.165, 1.54) is 6.92 Å². The Bertz CT molecular complexity index is 567. The topological polar surface area (TPSA) is 90.4 Å². The van der Waals surface area contributed by atoms with Crippen LogP contribution in [-0.4, -0.2) is 52.8 Å². The van der Waals surface area contributed by atoms with Gasteiger partial charge in [-0.05, 0) is 37.7 Å². The summed E-state index contributed by atoms with van der Waals surface area (Å²) in [6.45, 7) is 6.11. The van der Waals surface area contributed by atoms with Crippen LogP contribution in [0.5, 0.6) is 0 Å². The van der Waals surface area contributed by atoms with Gasteiger partial charge in [-0.3, -0.25) is 4.79 Å². The van der Waals surface area contributed by atoms with Gasteiger partial charge in [-0.15, -0.1) is 0 Å². The number of carbonyl (C=O) groups excluding carboxylic acids is 1. The van der Waals surface area contributed by atoms with Crippen molar-refractivity contribution in [2.24, 2.45) is 11.8 Å².